The van der Waals surface area contributed by atoms with Crippen LogP contribution < -0.4 is 11.1 Å². The molecule has 1 unspecified atom stereocenters. The molecule has 9 heteroatoms. The van der Waals surface area contributed by atoms with Gasteiger partial charge in [0.25, 0.3) is 11.8 Å². The summed E-state index contributed by atoms with van der Waals surface area (Å²) in [6, 6.07) is 7.63. The standard InChI is InChI=1S/C17H16N6O3/c18-16(25)15(24)12(8-11-4-3-7-20-11)22-17(26)13-9-19-10-23(13)14-5-1-2-6-21-14/h1-7,9-10,12,20H,8H2,(H2,18,25)(H,22,26). The number of imidazole rings is 1. The Balaban J connectivity index is 1.83. The summed E-state index contributed by atoms with van der Waals surface area (Å²) < 4.78 is 1.48. The smallest absolute Gasteiger partial charge is 0.287 e. The van der Waals surface area contributed by atoms with Crippen LogP contribution in [0.2, 0.25) is 0 Å². The van der Waals surface area contributed by atoms with Crippen LogP contribution in [0.4, 0.5) is 0 Å². The van der Waals surface area contributed by atoms with Crippen LogP contribution in [0.5, 0.6) is 0 Å². The number of ketones is 1. The first kappa shape index (κ1) is 17.1. The SMILES string of the molecule is NC(=O)C(=O)C(Cc1ccc[nH]1)NC(=O)c1cncn1-c1ccccn1. The molecule has 0 aliphatic carbocycles. The maximum Gasteiger partial charge on any atom is 0.287 e. The normalized spacial score (nSPS) is 11.7. The first-order valence-electron chi connectivity index (χ1n) is 7.77. The van der Waals surface area contributed by atoms with E-state index in [4.69, 9.17) is 5.73 Å². The monoisotopic (exact) mass is 352 g/mol. The minimum Gasteiger partial charge on any atom is -0.365 e. The zero-order chi connectivity index (χ0) is 18.5. The van der Waals surface area contributed by atoms with Crippen LogP contribution in [0.3, 0.4) is 0 Å². The molecule has 3 aromatic rings. The van der Waals surface area contributed by atoms with Gasteiger partial charge in [0.1, 0.15) is 23.9 Å². The van der Waals surface area contributed by atoms with E-state index in [-0.39, 0.29) is 12.1 Å². The summed E-state index contributed by atoms with van der Waals surface area (Å²) in [5.74, 6) is -2.06. The number of pyridine rings is 1. The number of H-pyrrole nitrogens is 1. The van der Waals surface area contributed by atoms with Gasteiger partial charge in [-0.3, -0.25) is 19.0 Å². The summed E-state index contributed by atoms with van der Waals surface area (Å²) >= 11 is 0. The van der Waals surface area contributed by atoms with Crippen molar-refractivity contribution in [3.8, 4) is 5.82 Å². The lowest BCUT2D eigenvalue weighted by molar-refractivity contribution is -0.137. The fourth-order valence-electron chi connectivity index (χ4n) is 2.47. The molecule has 26 heavy (non-hydrogen) atoms. The van der Waals surface area contributed by atoms with Gasteiger partial charge >= 0.3 is 0 Å². The molecule has 2 amide bonds. The molecule has 9 nitrogen and oxygen atoms in total. The van der Waals surface area contributed by atoms with Crippen LogP contribution in [-0.4, -0.2) is 43.2 Å². The van der Waals surface area contributed by atoms with Crippen molar-refractivity contribution in [1.29, 1.82) is 0 Å². The number of hydrogen-bond acceptors (Lipinski definition) is 5. The van der Waals surface area contributed by atoms with Crippen molar-refractivity contribution in [3.05, 3.63) is 66.6 Å². The lowest BCUT2D eigenvalue weighted by Crippen LogP contribution is -2.47. The third kappa shape index (κ3) is 3.66. The van der Waals surface area contributed by atoms with E-state index in [1.165, 1.54) is 17.1 Å². The number of aromatic nitrogens is 4. The number of nitrogens with two attached hydrogens (primary N) is 1. The third-order valence-corrected chi connectivity index (χ3v) is 3.72. The molecule has 1 atom stereocenters. The Labute approximate surface area is 148 Å². The van der Waals surface area contributed by atoms with Crippen LogP contribution in [0.25, 0.3) is 5.82 Å². The van der Waals surface area contributed by atoms with Crippen LogP contribution in [0.1, 0.15) is 16.2 Å². The summed E-state index contributed by atoms with van der Waals surface area (Å²) in [6.07, 6.45) is 6.16. The fourth-order valence-corrected chi connectivity index (χ4v) is 2.47. The van der Waals surface area contributed by atoms with Gasteiger partial charge in [0.2, 0.25) is 5.78 Å². The maximum absolute atomic E-state index is 12.7. The highest BCUT2D eigenvalue weighted by Gasteiger charge is 2.27. The van der Waals surface area contributed by atoms with Crippen molar-refractivity contribution in [2.45, 2.75) is 12.5 Å². The lowest BCUT2D eigenvalue weighted by Gasteiger charge is -2.16. The van der Waals surface area contributed by atoms with Crippen molar-refractivity contribution in [1.82, 2.24) is 24.8 Å². The highest BCUT2D eigenvalue weighted by Crippen LogP contribution is 2.09. The van der Waals surface area contributed by atoms with Gasteiger partial charge in [-0.1, -0.05) is 6.07 Å². The number of Topliss-reactive ketones (excluding diaryl/α,β-unsaturated/α-hetero) is 1. The minimum absolute atomic E-state index is 0.109. The topological polar surface area (TPSA) is 136 Å². The van der Waals surface area contributed by atoms with Gasteiger partial charge < -0.3 is 16.0 Å². The van der Waals surface area contributed by atoms with E-state index < -0.39 is 23.6 Å². The summed E-state index contributed by atoms with van der Waals surface area (Å²) in [5, 5.41) is 2.55. The lowest BCUT2D eigenvalue weighted by atomic mass is 10.1. The molecule has 0 saturated carbocycles. The van der Waals surface area contributed by atoms with Gasteiger partial charge in [-0.25, -0.2) is 9.97 Å². The van der Waals surface area contributed by atoms with Gasteiger partial charge in [0.15, 0.2) is 0 Å². The summed E-state index contributed by atoms with van der Waals surface area (Å²) in [4.78, 5) is 47.1. The Bertz CT molecular complexity index is 917. The van der Waals surface area contributed by atoms with Crippen LogP contribution in [0.15, 0.2) is 55.2 Å². The van der Waals surface area contributed by atoms with Gasteiger partial charge in [-0.15, -0.1) is 0 Å². The first-order chi connectivity index (χ1) is 12.6. The van der Waals surface area contributed by atoms with Crippen molar-refractivity contribution in [3.63, 3.8) is 0 Å². The van der Waals surface area contributed by atoms with Crippen molar-refractivity contribution < 1.29 is 14.4 Å². The number of amides is 2. The second-order valence-corrected chi connectivity index (χ2v) is 5.49. The summed E-state index contributed by atoms with van der Waals surface area (Å²) in [5.41, 5.74) is 5.97. The average molecular weight is 352 g/mol. The van der Waals surface area contributed by atoms with E-state index in [9.17, 15) is 14.4 Å². The first-order valence-corrected chi connectivity index (χ1v) is 7.77. The number of carbonyl (C=O) groups excluding carboxylic acids is 3. The fraction of sp³-hybridized carbons (Fsp3) is 0.118. The molecular weight excluding hydrogens is 336 g/mol. The molecule has 0 bridgehead atoms. The van der Waals surface area contributed by atoms with E-state index in [0.717, 1.165) is 0 Å². The highest BCUT2D eigenvalue weighted by molar-refractivity contribution is 6.38. The minimum atomic E-state index is -1.11. The summed E-state index contributed by atoms with van der Waals surface area (Å²) in [6.45, 7) is 0. The maximum atomic E-state index is 12.7. The third-order valence-electron chi connectivity index (χ3n) is 3.72. The molecule has 3 aromatic heterocycles. The number of rotatable bonds is 7. The zero-order valence-electron chi connectivity index (χ0n) is 13.6. The number of hydrogen-bond donors (Lipinski definition) is 3. The average Bonchev–Trinajstić information content (AvgIpc) is 3.32. The predicted octanol–water partition coefficient (Wildman–Crippen LogP) is -0.00910. The van der Waals surface area contributed by atoms with Crippen LogP contribution >= 0.6 is 0 Å². The quantitative estimate of drug-likeness (QED) is 0.514. The van der Waals surface area contributed by atoms with Crippen LogP contribution in [0, 0.1) is 0 Å². The Morgan fingerprint density at radius 3 is 2.73 bits per heavy atom. The van der Waals surface area contributed by atoms with Gasteiger partial charge in [-0.2, -0.15) is 0 Å². The molecule has 0 radical (unpaired) electrons. The molecule has 0 aliphatic heterocycles. The van der Waals surface area contributed by atoms with Gasteiger partial charge in [-0.05, 0) is 24.3 Å². The van der Waals surface area contributed by atoms with E-state index >= 15 is 0 Å². The Morgan fingerprint density at radius 1 is 1.23 bits per heavy atom. The number of carbonyl (C=O) groups is 3. The number of nitrogens with zero attached hydrogens (tertiary/aromatic N) is 3. The van der Waals surface area contributed by atoms with E-state index in [0.29, 0.717) is 11.5 Å². The molecular formula is C17H16N6O3. The number of primary amides is 1. The highest BCUT2D eigenvalue weighted by atomic mass is 16.2. The molecule has 132 valence electrons. The van der Waals surface area contributed by atoms with E-state index in [1.54, 1.807) is 42.7 Å². The molecule has 3 heterocycles. The molecule has 3 rings (SSSR count). The molecule has 4 N–H and O–H groups in total. The zero-order valence-corrected chi connectivity index (χ0v) is 13.6. The second-order valence-electron chi connectivity index (χ2n) is 5.49. The molecule has 0 aliphatic rings. The van der Waals surface area contributed by atoms with Crippen molar-refractivity contribution in [2.75, 3.05) is 0 Å². The molecule has 0 aromatic carbocycles. The number of nitrogens with one attached hydrogen (secondary N) is 2. The number of aromatic amines is 1. The van der Waals surface area contributed by atoms with Crippen LogP contribution in [-0.2, 0) is 16.0 Å². The van der Waals surface area contributed by atoms with Gasteiger partial charge in [0, 0.05) is 24.5 Å². The second kappa shape index (κ2) is 7.43. The van der Waals surface area contributed by atoms with E-state index in [1.807, 2.05) is 0 Å². The van der Waals surface area contributed by atoms with Crippen molar-refractivity contribution >= 4 is 17.6 Å². The Morgan fingerprint density at radius 2 is 2.08 bits per heavy atom. The molecule has 0 saturated heterocycles. The molecule has 0 fully saturated rings. The Kier molecular flexibility index (Phi) is 4.88. The molecule has 0 spiro atoms. The Hall–Kier alpha value is -3.75. The largest absolute Gasteiger partial charge is 0.365 e. The summed E-state index contributed by atoms with van der Waals surface area (Å²) in [7, 11) is 0. The predicted molar refractivity (Wildman–Crippen MR) is 91.3 cm³/mol. The van der Waals surface area contributed by atoms with Gasteiger partial charge in [0.05, 0.1) is 6.20 Å². The van der Waals surface area contributed by atoms with E-state index in [2.05, 4.69) is 20.3 Å². The van der Waals surface area contributed by atoms with Crippen molar-refractivity contribution in [2.24, 2.45) is 5.73 Å².